The maximum Gasteiger partial charge on any atom is 0.257 e. The number of nitrogens with zero attached hydrogens (tertiary/aromatic N) is 3. The second-order valence-corrected chi connectivity index (χ2v) is 6.65. The maximum absolute atomic E-state index is 12.7. The van der Waals surface area contributed by atoms with Crippen molar-refractivity contribution in [3.63, 3.8) is 0 Å². The second-order valence-electron chi connectivity index (χ2n) is 6.65. The van der Waals surface area contributed by atoms with E-state index in [2.05, 4.69) is 15.3 Å². The number of hydrogen-bond donors (Lipinski definition) is 2. The van der Waals surface area contributed by atoms with Gasteiger partial charge in [0.1, 0.15) is 0 Å². The minimum atomic E-state index is -0.648. The van der Waals surface area contributed by atoms with Crippen molar-refractivity contribution in [3.8, 4) is 11.5 Å². The number of ether oxygens (including phenoxy) is 2. The fraction of sp³-hybridized carbons (Fsp3) is 0.421. The number of carbonyl (C=O) groups excluding carboxylic acids is 1. The average Bonchev–Trinajstić information content (AvgIpc) is 3.16. The summed E-state index contributed by atoms with van der Waals surface area (Å²) in [6, 6.07) is 5.73. The highest BCUT2D eigenvalue weighted by Crippen LogP contribution is 2.37. The van der Waals surface area contributed by atoms with Crippen LogP contribution < -0.4 is 14.8 Å². The van der Waals surface area contributed by atoms with Gasteiger partial charge in [-0.25, -0.2) is 9.97 Å². The van der Waals surface area contributed by atoms with Gasteiger partial charge < -0.3 is 24.8 Å². The van der Waals surface area contributed by atoms with Crippen molar-refractivity contribution in [2.24, 2.45) is 0 Å². The van der Waals surface area contributed by atoms with Crippen LogP contribution in [-0.2, 0) is 0 Å². The molecule has 27 heavy (non-hydrogen) atoms. The van der Waals surface area contributed by atoms with Gasteiger partial charge in [0.2, 0.25) is 12.7 Å². The third-order valence-electron chi connectivity index (χ3n) is 4.93. The van der Waals surface area contributed by atoms with Crippen LogP contribution in [0.25, 0.3) is 0 Å². The number of benzene rings is 1. The Balaban J connectivity index is 1.42. The maximum atomic E-state index is 12.7. The van der Waals surface area contributed by atoms with E-state index >= 15 is 0 Å². The number of carbonyl (C=O) groups is 1. The monoisotopic (exact) mass is 370 g/mol. The van der Waals surface area contributed by atoms with E-state index in [9.17, 15) is 9.90 Å². The highest BCUT2D eigenvalue weighted by Gasteiger charge is 2.32. The average molecular weight is 370 g/mol. The zero-order chi connectivity index (χ0) is 18.8. The van der Waals surface area contributed by atoms with Gasteiger partial charge in [0.25, 0.3) is 5.91 Å². The lowest BCUT2D eigenvalue weighted by Crippen LogP contribution is -2.45. The van der Waals surface area contributed by atoms with Crippen LogP contribution in [0.5, 0.6) is 11.5 Å². The van der Waals surface area contributed by atoms with E-state index in [1.54, 1.807) is 4.90 Å². The Hall–Kier alpha value is -2.87. The third-order valence-corrected chi connectivity index (χ3v) is 4.93. The smallest absolute Gasteiger partial charge is 0.257 e. The normalized spacial score (nSPS) is 21.2. The lowest BCUT2D eigenvalue weighted by molar-refractivity contribution is 0.0381. The SMILES string of the molecule is CCNc1ncc(C(=O)N2CC[C@@H](c3ccc4c(c3)OCO4)[C@H](O)C2)cn1. The van der Waals surface area contributed by atoms with Crippen molar-refractivity contribution in [2.45, 2.75) is 25.4 Å². The molecule has 0 saturated carbocycles. The quantitative estimate of drug-likeness (QED) is 0.844. The van der Waals surface area contributed by atoms with Gasteiger partial charge in [-0.3, -0.25) is 4.79 Å². The first-order valence-corrected chi connectivity index (χ1v) is 9.08. The molecule has 2 atom stereocenters. The largest absolute Gasteiger partial charge is 0.454 e. The van der Waals surface area contributed by atoms with Gasteiger partial charge >= 0.3 is 0 Å². The summed E-state index contributed by atoms with van der Waals surface area (Å²) in [6.07, 6.45) is 3.06. The van der Waals surface area contributed by atoms with Crippen molar-refractivity contribution >= 4 is 11.9 Å². The molecule has 142 valence electrons. The van der Waals surface area contributed by atoms with Gasteiger partial charge in [-0.1, -0.05) is 6.07 Å². The molecule has 1 saturated heterocycles. The van der Waals surface area contributed by atoms with Gasteiger partial charge in [-0.2, -0.15) is 0 Å². The van der Waals surface area contributed by atoms with Crippen molar-refractivity contribution in [1.82, 2.24) is 14.9 Å². The van der Waals surface area contributed by atoms with Crippen LogP contribution in [0.1, 0.15) is 35.2 Å². The van der Waals surface area contributed by atoms with E-state index in [-0.39, 0.29) is 25.2 Å². The molecule has 0 radical (unpaired) electrons. The standard InChI is InChI=1S/C19H22N4O4/c1-2-20-19-21-8-13(9-22-19)18(25)23-6-5-14(15(24)10-23)12-3-4-16-17(7-12)27-11-26-16/h3-4,7-9,14-15,24H,2,5-6,10-11H2,1H3,(H,20,21,22)/t14-,15+/m0/s1. The Kier molecular flexibility index (Phi) is 4.81. The van der Waals surface area contributed by atoms with Gasteiger partial charge in [0, 0.05) is 37.9 Å². The summed E-state index contributed by atoms with van der Waals surface area (Å²) in [4.78, 5) is 22.6. The molecule has 2 aliphatic rings. The van der Waals surface area contributed by atoms with Crippen LogP contribution in [0.4, 0.5) is 5.95 Å². The predicted molar refractivity (Wildman–Crippen MR) is 98.0 cm³/mol. The fourth-order valence-electron chi connectivity index (χ4n) is 3.52. The highest BCUT2D eigenvalue weighted by molar-refractivity contribution is 5.93. The number of amides is 1. The summed E-state index contributed by atoms with van der Waals surface area (Å²) in [7, 11) is 0. The van der Waals surface area contributed by atoms with E-state index < -0.39 is 6.10 Å². The van der Waals surface area contributed by atoms with Crippen LogP contribution in [0, 0.1) is 0 Å². The third kappa shape index (κ3) is 3.52. The van der Waals surface area contributed by atoms with Gasteiger partial charge in [0.05, 0.1) is 11.7 Å². The van der Waals surface area contributed by atoms with Crippen molar-refractivity contribution < 1.29 is 19.4 Å². The molecule has 2 aromatic rings. The molecule has 8 nitrogen and oxygen atoms in total. The molecule has 1 fully saturated rings. The van der Waals surface area contributed by atoms with E-state index in [1.165, 1.54) is 12.4 Å². The van der Waals surface area contributed by atoms with E-state index in [1.807, 2.05) is 25.1 Å². The Bertz CT molecular complexity index is 827. The number of likely N-dealkylation sites (tertiary alicyclic amines) is 1. The van der Waals surface area contributed by atoms with Crippen LogP contribution in [-0.4, -0.2) is 58.4 Å². The van der Waals surface area contributed by atoms with E-state index in [0.717, 1.165) is 11.3 Å². The zero-order valence-corrected chi connectivity index (χ0v) is 15.1. The minimum absolute atomic E-state index is 0.0454. The van der Waals surface area contributed by atoms with Gasteiger partial charge in [-0.15, -0.1) is 0 Å². The Morgan fingerprint density at radius 2 is 2.07 bits per heavy atom. The summed E-state index contributed by atoms with van der Waals surface area (Å²) in [5, 5.41) is 13.6. The molecular formula is C19H22N4O4. The molecule has 3 heterocycles. The Morgan fingerprint density at radius 1 is 1.30 bits per heavy atom. The molecule has 8 heteroatoms. The molecule has 2 N–H and O–H groups in total. The van der Waals surface area contributed by atoms with Crippen molar-refractivity contribution in [1.29, 1.82) is 0 Å². The molecule has 0 aliphatic carbocycles. The molecule has 1 aromatic carbocycles. The summed E-state index contributed by atoms with van der Waals surface area (Å²) in [6.45, 7) is 3.72. The molecular weight excluding hydrogens is 348 g/mol. The summed E-state index contributed by atoms with van der Waals surface area (Å²) in [5.41, 5.74) is 1.42. The first kappa shape index (κ1) is 17.5. The number of aliphatic hydroxyl groups excluding tert-OH is 1. The van der Waals surface area contributed by atoms with Crippen LogP contribution in [0.3, 0.4) is 0 Å². The van der Waals surface area contributed by atoms with Crippen LogP contribution in [0.2, 0.25) is 0 Å². The highest BCUT2D eigenvalue weighted by atomic mass is 16.7. The number of β-amino-alcohol motifs (C(OH)–C–C–N with tert-alkyl or cyclic N) is 1. The van der Waals surface area contributed by atoms with Gasteiger partial charge in [-0.05, 0) is 31.0 Å². The number of aromatic nitrogens is 2. The molecule has 0 unspecified atom stereocenters. The Morgan fingerprint density at radius 3 is 2.81 bits per heavy atom. The van der Waals surface area contributed by atoms with Gasteiger partial charge in [0.15, 0.2) is 11.5 Å². The van der Waals surface area contributed by atoms with E-state index in [0.29, 0.717) is 36.8 Å². The Labute approximate surface area is 157 Å². The van der Waals surface area contributed by atoms with Crippen LogP contribution >= 0.6 is 0 Å². The number of hydrogen-bond acceptors (Lipinski definition) is 7. The lowest BCUT2D eigenvalue weighted by atomic mass is 9.86. The summed E-state index contributed by atoms with van der Waals surface area (Å²) >= 11 is 0. The fourth-order valence-corrected chi connectivity index (χ4v) is 3.52. The first-order chi connectivity index (χ1) is 13.2. The minimum Gasteiger partial charge on any atom is -0.454 e. The molecule has 0 bridgehead atoms. The van der Waals surface area contributed by atoms with Crippen LogP contribution in [0.15, 0.2) is 30.6 Å². The summed E-state index contributed by atoms with van der Waals surface area (Å²) < 4.78 is 10.8. The van der Waals surface area contributed by atoms with E-state index in [4.69, 9.17) is 9.47 Å². The number of fused-ring (bicyclic) bond motifs is 1. The molecule has 2 aliphatic heterocycles. The topological polar surface area (TPSA) is 96.8 Å². The molecule has 0 spiro atoms. The molecule has 4 rings (SSSR count). The number of nitrogens with one attached hydrogen (secondary N) is 1. The molecule has 1 amide bonds. The lowest BCUT2D eigenvalue weighted by Gasteiger charge is -2.36. The predicted octanol–water partition coefficient (Wildman–Crippen LogP) is 1.63. The summed E-state index contributed by atoms with van der Waals surface area (Å²) in [5.74, 6) is 1.71. The second kappa shape index (κ2) is 7.40. The molecule has 1 aromatic heterocycles. The zero-order valence-electron chi connectivity index (χ0n) is 15.1. The first-order valence-electron chi connectivity index (χ1n) is 9.08. The number of aliphatic hydroxyl groups is 1. The van der Waals surface area contributed by atoms with Crippen molar-refractivity contribution in [3.05, 3.63) is 41.7 Å². The number of rotatable bonds is 4. The number of piperidine rings is 1. The van der Waals surface area contributed by atoms with Crippen molar-refractivity contribution in [2.75, 3.05) is 31.7 Å². The number of anilines is 1.